The largest absolute Gasteiger partial charge is 0.135 e. The Balaban J connectivity index is 0.000000148. The third-order valence-electron chi connectivity index (χ3n) is 21.2. The standard InChI is InChI=1S/3C42H26S/c1-2-16-30-27(12-1)13-10-22-31(30)28-14-9-15-29(26-28)40-32-17-3-5-19-34(32)41(35-20-6-4-18-33(35)40)37-23-11-25-39-42(37)36-21-7-8-24-38(36)43-39;1-2-12-31-28(10-1)11-9-18-33(31)42-36-16-5-3-14-34(36)41(35-15-4-6-17-37(35)42)29-22-20-27(21-23-29)30-24-25-40-38(26-30)32-13-7-8-19-39(32)43-40;1-2-13-27(14-3-1)28-25-26-35(30-16-5-4-15-29(28)30)40-31-17-6-8-19-33(31)41(34-20-9-7-18-32(34)40)37-22-12-24-39-42(37)36-21-10-11-23-38(36)43-39/h3*1-26H/i1D,2D,3D,4D,5D,6D,7D,8D,9D,10D,11D,12D,13D,14D,15D,16D,17D,18D,19D,20D,21D,22D,23D,24D,25D,26D;1D,2D,3D,4D,5D,6D,7D,8D,9D,10D,11D,12D,13D,14D,16D,17D,18D,19D,20D,21D,22D,23D,24D,25D,26D;1D,2D,3D,4D,5D,6D,7D,8D,9D,10D,11D,12D,13D,14D,15D,16D,17D,18D,19D,21D,22D,23D,24D,25D,26D. The number of hydrogen-bond donors (Lipinski definition) is 0. The van der Waals surface area contributed by atoms with Crippen LogP contribution >= 0.6 is 34.0 Å². The van der Waals surface area contributed by atoms with Gasteiger partial charge in [0, 0.05) is 60.5 Å². The Hall–Kier alpha value is -15.7. The molecule has 24 aromatic carbocycles. The molecule has 3 heteroatoms. The van der Waals surface area contributed by atoms with Crippen molar-refractivity contribution in [3.05, 3.63) is 471 Å². The highest BCUT2D eigenvalue weighted by Gasteiger charge is 2.26. The van der Waals surface area contributed by atoms with Crippen LogP contribution < -0.4 is 0 Å². The maximum atomic E-state index is 9.83. The lowest BCUT2D eigenvalue weighted by molar-refractivity contribution is 1.63. The Labute approximate surface area is 865 Å². The van der Waals surface area contributed by atoms with E-state index in [1.165, 1.54) is 0 Å². The summed E-state index contributed by atoms with van der Waals surface area (Å²) < 4.78 is 679. The van der Waals surface area contributed by atoms with Crippen LogP contribution in [-0.4, -0.2) is 0 Å². The zero-order valence-electron chi connectivity index (χ0n) is 140. The second kappa shape index (κ2) is 31.7. The normalized spacial score (nSPS) is 20.0. The van der Waals surface area contributed by atoms with Crippen LogP contribution in [0.3, 0.4) is 0 Å². The van der Waals surface area contributed by atoms with Gasteiger partial charge in [-0.2, -0.15) is 0 Å². The molecular weight excluding hydrogens is 1610 g/mol. The molecule has 0 unspecified atom stereocenters. The molecule has 0 saturated heterocycles. The van der Waals surface area contributed by atoms with Crippen LogP contribution in [-0.2, 0) is 0 Å². The first-order valence-electron chi connectivity index (χ1n) is 76.1. The van der Waals surface area contributed by atoms with Gasteiger partial charge in [0.05, 0.1) is 104 Å². The number of hydrogen-bond acceptors (Lipinski definition) is 3. The Morgan fingerprint density at radius 3 is 0.969 bits per heavy atom. The van der Waals surface area contributed by atoms with Crippen molar-refractivity contribution in [3.8, 4) is 100 Å². The molecule has 0 aliphatic rings. The van der Waals surface area contributed by atoms with Gasteiger partial charge >= 0.3 is 0 Å². The highest BCUT2D eigenvalue weighted by molar-refractivity contribution is 7.26. The topological polar surface area (TPSA) is 0 Å². The predicted octanol–water partition coefficient (Wildman–Crippen LogP) is 37.5. The van der Waals surface area contributed by atoms with Gasteiger partial charge in [0.2, 0.25) is 0 Å². The summed E-state index contributed by atoms with van der Waals surface area (Å²) in [6, 6.07) is -61.6. The zero-order valence-corrected chi connectivity index (χ0v) is 66.8. The molecule has 0 bridgehead atoms. The number of fused-ring (bicyclic) bond motifs is 18. The molecule has 600 valence electrons. The average Bonchev–Trinajstić information content (AvgIpc) is 1.67. The van der Waals surface area contributed by atoms with Gasteiger partial charge in [0.25, 0.3) is 0 Å². The first-order chi connectivity index (χ1) is 95.6. The molecule has 0 aliphatic heterocycles. The predicted molar refractivity (Wildman–Crippen MR) is 564 cm³/mol. The van der Waals surface area contributed by atoms with Gasteiger partial charge in [0.15, 0.2) is 0 Å². The minimum absolute atomic E-state index is 0.0370. The highest BCUT2D eigenvalue weighted by atomic mass is 32.1. The molecule has 0 nitrogen and oxygen atoms in total. The lowest BCUT2D eigenvalue weighted by Crippen LogP contribution is -1.92. The fourth-order valence-corrected chi connectivity index (χ4v) is 18.7. The van der Waals surface area contributed by atoms with Crippen LogP contribution in [0.5, 0.6) is 0 Å². The van der Waals surface area contributed by atoms with Gasteiger partial charge in [-0.1, -0.05) is 423 Å². The van der Waals surface area contributed by atoms with Crippen LogP contribution in [0.25, 0.3) is 258 Å². The van der Waals surface area contributed by atoms with Crippen molar-refractivity contribution in [1.82, 2.24) is 0 Å². The third-order valence-corrected chi connectivity index (χ3v) is 24.2. The van der Waals surface area contributed by atoms with Gasteiger partial charge < -0.3 is 0 Å². The van der Waals surface area contributed by atoms with Crippen molar-refractivity contribution >= 4 is 191 Å². The highest BCUT2D eigenvalue weighted by Crippen LogP contribution is 2.54. The number of benzene rings is 24. The summed E-state index contributed by atoms with van der Waals surface area (Å²) in [5.41, 5.74) is -11.6. The van der Waals surface area contributed by atoms with E-state index in [-0.39, 0.29) is 65.9 Å². The summed E-state index contributed by atoms with van der Waals surface area (Å²) >= 11 is 2.08. The van der Waals surface area contributed by atoms with Gasteiger partial charge in [-0.3, -0.25) is 0 Å². The van der Waals surface area contributed by atoms with E-state index < -0.39 is 651 Å². The van der Waals surface area contributed by atoms with E-state index in [2.05, 4.69) is 0 Å². The molecule has 0 N–H and O–H groups in total. The van der Waals surface area contributed by atoms with Crippen molar-refractivity contribution in [2.75, 3.05) is 0 Å². The van der Waals surface area contributed by atoms with Crippen LogP contribution in [0.1, 0.15) is 104 Å². The maximum absolute atomic E-state index is 9.83. The Bertz CT molecular complexity index is 14000. The molecule has 0 aliphatic carbocycles. The van der Waals surface area contributed by atoms with Crippen molar-refractivity contribution < 1.29 is 104 Å². The van der Waals surface area contributed by atoms with E-state index in [1.54, 1.807) is 0 Å². The molecule has 27 aromatic rings. The Morgan fingerprint density at radius 1 is 0.132 bits per heavy atom. The molecule has 129 heavy (non-hydrogen) atoms. The summed E-state index contributed by atoms with van der Waals surface area (Å²) in [6.45, 7) is 0. The average molecular weight is 1760 g/mol. The Kier molecular flexibility index (Phi) is 7.73. The summed E-state index contributed by atoms with van der Waals surface area (Å²) in [6.07, 6.45) is 0. The minimum atomic E-state index is -1.06. The number of rotatable bonds is 9. The second-order valence-electron chi connectivity index (χ2n) is 27.9. The van der Waals surface area contributed by atoms with Crippen molar-refractivity contribution in [3.63, 3.8) is 0 Å². The van der Waals surface area contributed by atoms with Crippen LogP contribution in [0.2, 0.25) is 0 Å². The third kappa shape index (κ3) is 12.8. The quantitative estimate of drug-likeness (QED) is 0.126. The number of thiophene rings is 3. The van der Waals surface area contributed by atoms with Crippen molar-refractivity contribution in [1.29, 1.82) is 0 Å². The van der Waals surface area contributed by atoms with Crippen LogP contribution in [0, 0.1) is 0 Å². The lowest BCUT2D eigenvalue weighted by atomic mass is 9.83. The van der Waals surface area contributed by atoms with Crippen LogP contribution in [0.15, 0.2) is 471 Å². The van der Waals surface area contributed by atoms with E-state index >= 15 is 0 Å². The van der Waals surface area contributed by atoms with E-state index in [4.69, 9.17) is 71.3 Å². The maximum Gasteiger partial charge on any atom is 0.0638 e. The summed E-state index contributed by atoms with van der Waals surface area (Å²) in [5, 5.41) is -12.2. The molecule has 3 heterocycles. The first kappa shape index (κ1) is 31.4. The van der Waals surface area contributed by atoms with Crippen molar-refractivity contribution in [2.45, 2.75) is 0 Å². The molecule has 0 atom stereocenters. The summed E-state index contributed by atoms with van der Waals surface area (Å²) in [4.78, 5) is 0. The second-order valence-corrected chi connectivity index (χ2v) is 31.0. The van der Waals surface area contributed by atoms with Gasteiger partial charge in [-0.15, -0.1) is 34.0 Å². The smallest absolute Gasteiger partial charge is 0.0638 e. The molecule has 0 radical (unpaired) electrons. The van der Waals surface area contributed by atoms with E-state index in [1.807, 2.05) is 0 Å². The fourth-order valence-electron chi connectivity index (χ4n) is 15.9. The lowest BCUT2D eigenvalue weighted by Gasteiger charge is -2.20. The van der Waals surface area contributed by atoms with E-state index in [9.17, 15) is 32.9 Å². The zero-order chi connectivity index (χ0) is 151. The molecule has 0 amide bonds. The molecular formula is C126H78S3. The molecule has 0 saturated carbocycles. The van der Waals surface area contributed by atoms with Gasteiger partial charge in [0.1, 0.15) is 0 Å². The Morgan fingerprint density at radius 2 is 0.426 bits per heavy atom. The molecule has 3 aromatic heterocycles. The monoisotopic (exact) mass is 1760 g/mol. The summed E-state index contributed by atoms with van der Waals surface area (Å²) in [7, 11) is 0. The van der Waals surface area contributed by atoms with Gasteiger partial charge in [-0.05, 0) is 245 Å². The summed E-state index contributed by atoms with van der Waals surface area (Å²) in [5.74, 6) is 0. The van der Waals surface area contributed by atoms with Crippen LogP contribution in [0.4, 0.5) is 0 Å². The molecule has 0 spiro atoms. The van der Waals surface area contributed by atoms with Gasteiger partial charge in [-0.25, -0.2) is 0 Å². The molecule has 0 fully saturated rings. The first-order valence-corrected chi connectivity index (χ1v) is 40.6. The van der Waals surface area contributed by atoms with E-state index in [0.717, 1.165) is 23.5 Å². The SMILES string of the molecule is [2H]c1c([2H])c(-c2c([2H])c([2H])c([2H])c3c([2H])c([2H])c([2H])c([2H])c23)c([2H])c(-c2c3c([2H])c([2H])c([2H])c([2H])c3c(-c3c([2H])c([2H])c([2H])c4sc5c([2H])c([2H])c([2H])c([2H])c5c34)c3c([2H])c([2H])c([2H])c([2H])c23)c1[2H].[2H]c1cc2c(-c3c([2H])c([2H])c(-c4c([2H])c([2H])c5sc6c([2H])c([2H])c([2H])c([2H])c6c5c4[2H])c([2H])c3[2H])c3c([2H])c([2H])c([2H])c([2H])c3c(-c3c([2H])c([2H])c([2H])c4c([2H])c([2H])c([2H])c([2H])c34)c2c([2H])c1[2H].[2H]c1cc2c(-c3c([2H])c([2H])c([2H])c4sc5c([2H])c([2H])c([2H])c([2H])c5c34)c3c([2H])c([2H])c([2H])c([2H])c3c(-c3c([2H])c([2H])c(-c4c([2H])c([2H])c([2H])c([2H])c4[2H])c4c([2H])c([2H])c([2H])c([2H])c34)c2c([2H])c1[2H]. The van der Waals surface area contributed by atoms with Crippen molar-refractivity contribution in [2.24, 2.45) is 0 Å². The molecule has 27 rings (SSSR count). The fraction of sp³-hybridized carbons (Fsp3) is 0. The minimum Gasteiger partial charge on any atom is -0.135 e. The van der Waals surface area contributed by atoms with E-state index in [0.29, 0.717) is 22.7 Å².